The van der Waals surface area contributed by atoms with Crippen molar-refractivity contribution >= 4 is 5.97 Å². The van der Waals surface area contributed by atoms with E-state index >= 15 is 0 Å². The maximum Gasteiger partial charge on any atom is 0.331 e. The van der Waals surface area contributed by atoms with Crippen LogP contribution >= 0.6 is 0 Å². The fraction of sp³-hybridized carbons (Fsp3) is 0.250. The highest BCUT2D eigenvalue weighted by atomic mass is 16.4. The predicted molar refractivity (Wildman–Crippen MR) is 56.4 cm³/mol. The van der Waals surface area contributed by atoms with Gasteiger partial charge in [0, 0.05) is 11.5 Å². The molecule has 0 bridgehead atoms. The van der Waals surface area contributed by atoms with Crippen molar-refractivity contribution in [1.82, 2.24) is 0 Å². The summed E-state index contributed by atoms with van der Waals surface area (Å²) in [6.45, 7) is 7.41. The van der Waals surface area contributed by atoms with Crippen LogP contribution in [0.1, 0.15) is 24.0 Å². The molecule has 0 fully saturated rings. The molecular formula is C12H14O2. The van der Waals surface area contributed by atoms with Crippen LogP contribution in [0.25, 0.3) is 0 Å². The molecule has 0 saturated carbocycles. The molecule has 1 rings (SSSR count). The maximum atomic E-state index is 10.7. The van der Waals surface area contributed by atoms with Crippen LogP contribution in [0, 0.1) is 6.92 Å². The van der Waals surface area contributed by atoms with E-state index in [0.29, 0.717) is 0 Å². The maximum absolute atomic E-state index is 10.7. The highest BCUT2D eigenvalue weighted by molar-refractivity contribution is 5.87. The molecule has 0 heterocycles. The molecular weight excluding hydrogens is 176 g/mol. The Labute approximate surface area is 83.9 Å². The zero-order valence-electron chi connectivity index (χ0n) is 8.45. The zero-order chi connectivity index (χ0) is 10.7. The molecule has 0 saturated heterocycles. The van der Waals surface area contributed by atoms with E-state index in [-0.39, 0.29) is 11.5 Å². The van der Waals surface area contributed by atoms with E-state index in [9.17, 15) is 4.79 Å². The molecule has 1 N–H and O–H groups in total. The molecule has 0 amide bonds. The van der Waals surface area contributed by atoms with Gasteiger partial charge in [-0.1, -0.05) is 37.8 Å². The second kappa shape index (κ2) is 4.09. The number of hydrogen-bond donors (Lipinski definition) is 1. The van der Waals surface area contributed by atoms with Crippen LogP contribution in [0.15, 0.2) is 36.4 Å². The Balaban J connectivity index is 3.01. The Bertz CT molecular complexity index is 366. The fourth-order valence-corrected chi connectivity index (χ4v) is 1.45. The second-order valence-electron chi connectivity index (χ2n) is 3.41. The van der Waals surface area contributed by atoms with Gasteiger partial charge in [-0.2, -0.15) is 0 Å². The van der Waals surface area contributed by atoms with Gasteiger partial charge in [-0.3, -0.25) is 0 Å². The van der Waals surface area contributed by atoms with Crippen molar-refractivity contribution in [3.8, 4) is 0 Å². The molecule has 0 radical (unpaired) electrons. The van der Waals surface area contributed by atoms with Crippen LogP contribution in [-0.4, -0.2) is 11.1 Å². The summed E-state index contributed by atoms with van der Waals surface area (Å²) in [4.78, 5) is 10.7. The normalized spacial score (nSPS) is 12.1. The lowest BCUT2D eigenvalue weighted by atomic mass is 9.91. The van der Waals surface area contributed by atoms with E-state index in [1.165, 1.54) is 0 Å². The Morgan fingerprint density at radius 2 is 2.00 bits per heavy atom. The van der Waals surface area contributed by atoms with Crippen molar-refractivity contribution in [2.45, 2.75) is 19.8 Å². The lowest BCUT2D eigenvalue weighted by Gasteiger charge is -2.14. The van der Waals surface area contributed by atoms with Gasteiger partial charge in [-0.05, 0) is 18.1 Å². The van der Waals surface area contributed by atoms with Crippen LogP contribution in [0.2, 0.25) is 0 Å². The highest BCUT2D eigenvalue weighted by Gasteiger charge is 2.16. The smallest absolute Gasteiger partial charge is 0.331 e. The summed E-state index contributed by atoms with van der Waals surface area (Å²) < 4.78 is 0. The molecule has 0 aromatic heterocycles. The van der Waals surface area contributed by atoms with E-state index in [1.54, 1.807) is 0 Å². The lowest BCUT2D eigenvalue weighted by molar-refractivity contribution is -0.132. The minimum atomic E-state index is -0.930. The van der Waals surface area contributed by atoms with Crippen LogP contribution in [-0.2, 0) is 4.79 Å². The van der Waals surface area contributed by atoms with Gasteiger partial charge in [0.05, 0.1) is 0 Å². The van der Waals surface area contributed by atoms with Crippen molar-refractivity contribution in [1.29, 1.82) is 0 Å². The largest absolute Gasteiger partial charge is 0.478 e. The number of benzene rings is 1. The van der Waals surface area contributed by atoms with Gasteiger partial charge in [0.1, 0.15) is 0 Å². The summed E-state index contributed by atoms with van der Waals surface area (Å²) in [5.74, 6) is -1.06. The summed E-state index contributed by atoms with van der Waals surface area (Å²) in [7, 11) is 0. The Hall–Kier alpha value is -1.57. The zero-order valence-corrected chi connectivity index (χ0v) is 8.45. The average Bonchev–Trinajstić information content (AvgIpc) is 2.16. The quantitative estimate of drug-likeness (QED) is 0.744. The molecule has 1 unspecified atom stereocenters. The molecule has 1 aromatic carbocycles. The first-order valence-corrected chi connectivity index (χ1v) is 4.51. The molecule has 0 aliphatic rings. The van der Waals surface area contributed by atoms with E-state index in [0.717, 1.165) is 11.1 Å². The van der Waals surface area contributed by atoms with Gasteiger partial charge in [-0.15, -0.1) is 0 Å². The molecule has 2 nitrogen and oxygen atoms in total. The minimum absolute atomic E-state index is 0.131. The van der Waals surface area contributed by atoms with E-state index < -0.39 is 5.97 Å². The lowest BCUT2D eigenvalue weighted by Crippen LogP contribution is -2.08. The molecule has 2 heteroatoms. The molecule has 74 valence electrons. The molecule has 14 heavy (non-hydrogen) atoms. The number of carboxylic acid groups (broad SMARTS) is 1. The summed E-state index contributed by atoms with van der Waals surface area (Å²) >= 11 is 0. The fourth-order valence-electron chi connectivity index (χ4n) is 1.45. The summed E-state index contributed by atoms with van der Waals surface area (Å²) in [5, 5.41) is 8.81. The van der Waals surface area contributed by atoms with E-state index in [4.69, 9.17) is 5.11 Å². The van der Waals surface area contributed by atoms with Crippen molar-refractivity contribution in [2.75, 3.05) is 0 Å². The van der Waals surface area contributed by atoms with Gasteiger partial charge >= 0.3 is 5.97 Å². The van der Waals surface area contributed by atoms with Crippen LogP contribution in [0.4, 0.5) is 0 Å². The van der Waals surface area contributed by atoms with Gasteiger partial charge in [0.2, 0.25) is 0 Å². The van der Waals surface area contributed by atoms with Crippen molar-refractivity contribution in [3.63, 3.8) is 0 Å². The molecule has 0 spiro atoms. The summed E-state index contributed by atoms with van der Waals surface area (Å²) in [6, 6.07) is 7.76. The summed E-state index contributed by atoms with van der Waals surface area (Å²) in [6.07, 6.45) is 0. The molecule has 0 aliphatic carbocycles. The number of aliphatic carboxylic acids is 1. The first-order chi connectivity index (χ1) is 6.54. The van der Waals surface area contributed by atoms with E-state index in [2.05, 4.69) is 6.58 Å². The van der Waals surface area contributed by atoms with Crippen molar-refractivity contribution in [2.24, 2.45) is 0 Å². The average molecular weight is 190 g/mol. The third-order valence-electron chi connectivity index (χ3n) is 2.45. The van der Waals surface area contributed by atoms with Gasteiger partial charge in [0.15, 0.2) is 0 Å². The van der Waals surface area contributed by atoms with Gasteiger partial charge in [0.25, 0.3) is 0 Å². The van der Waals surface area contributed by atoms with E-state index in [1.807, 2.05) is 38.1 Å². The third kappa shape index (κ3) is 2.02. The van der Waals surface area contributed by atoms with Crippen LogP contribution in [0.3, 0.4) is 0 Å². The number of rotatable bonds is 3. The van der Waals surface area contributed by atoms with Crippen LogP contribution in [0.5, 0.6) is 0 Å². The van der Waals surface area contributed by atoms with Crippen molar-refractivity contribution < 1.29 is 9.90 Å². The Morgan fingerprint density at radius 3 is 2.50 bits per heavy atom. The standard InChI is InChI=1S/C12H14O2/c1-8-6-4-5-7-11(8)9(2)10(3)12(13)14/h4-7,9H,3H2,1-2H3,(H,13,14). The molecule has 0 aliphatic heterocycles. The number of aryl methyl sites for hydroxylation is 1. The highest BCUT2D eigenvalue weighted by Crippen LogP contribution is 2.25. The Morgan fingerprint density at radius 1 is 1.43 bits per heavy atom. The van der Waals surface area contributed by atoms with Gasteiger partial charge < -0.3 is 5.11 Å². The first-order valence-electron chi connectivity index (χ1n) is 4.51. The monoisotopic (exact) mass is 190 g/mol. The minimum Gasteiger partial charge on any atom is -0.478 e. The van der Waals surface area contributed by atoms with Gasteiger partial charge in [-0.25, -0.2) is 4.79 Å². The number of hydrogen-bond acceptors (Lipinski definition) is 1. The SMILES string of the molecule is C=C(C(=O)O)C(C)c1ccccc1C. The molecule has 1 aromatic rings. The predicted octanol–water partition coefficient (Wildman–Crippen LogP) is 2.74. The van der Waals surface area contributed by atoms with Crippen molar-refractivity contribution in [3.05, 3.63) is 47.5 Å². The topological polar surface area (TPSA) is 37.3 Å². The Kier molecular flexibility index (Phi) is 3.07. The number of carbonyl (C=O) groups is 1. The third-order valence-corrected chi connectivity index (χ3v) is 2.45. The second-order valence-corrected chi connectivity index (χ2v) is 3.41. The number of carboxylic acids is 1. The summed E-state index contributed by atoms with van der Waals surface area (Å²) in [5.41, 5.74) is 2.36. The van der Waals surface area contributed by atoms with Crippen LogP contribution < -0.4 is 0 Å². The molecule has 1 atom stereocenters. The first kappa shape index (κ1) is 10.5.